The molecule has 2 aromatic carbocycles. The first-order valence-electron chi connectivity index (χ1n) is 12.4. The number of ether oxygens (including phenoxy) is 1. The second-order valence-electron chi connectivity index (χ2n) is 10.1. The van der Waals surface area contributed by atoms with Crippen LogP contribution >= 0.6 is 34.5 Å². The summed E-state index contributed by atoms with van der Waals surface area (Å²) in [6.07, 6.45) is 3.25. The molecule has 3 N–H and O–H groups in total. The minimum Gasteiger partial charge on any atom is -0.478 e. The molecular weight excluding hydrogens is 552 g/mol. The number of anilines is 1. The zero-order valence-corrected chi connectivity index (χ0v) is 22.5. The lowest BCUT2D eigenvalue weighted by Crippen LogP contribution is -2.39. The Labute approximate surface area is 232 Å². The van der Waals surface area contributed by atoms with Crippen molar-refractivity contribution in [1.82, 2.24) is 4.98 Å². The lowest BCUT2D eigenvalue weighted by Gasteiger charge is -2.31. The van der Waals surface area contributed by atoms with Crippen LogP contribution in [0.25, 0.3) is 15.9 Å². The number of nitrogens with two attached hydrogens (primary N) is 1. The highest BCUT2D eigenvalue weighted by Crippen LogP contribution is 2.45. The predicted octanol–water partition coefficient (Wildman–Crippen LogP) is 5.77. The smallest absolute Gasteiger partial charge is 0.335 e. The van der Waals surface area contributed by atoms with Crippen molar-refractivity contribution in [2.24, 2.45) is 17.6 Å². The van der Waals surface area contributed by atoms with Crippen molar-refractivity contribution in [1.29, 1.82) is 0 Å². The maximum absolute atomic E-state index is 14.5. The maximum Gasteiger partial charge on any atom is 0.335 e. The van der Waals surface area contributed by atoms with Crippen LogP contribution in [0.3, 0.4) is 0 Å². The molecule has 2 bridgehead atoms. The zero-order valence-electron chi connectivity index (χ0n) is 20.1. The van der Waals surface area contributed by atoms with E-state index in [0.29, 0.717) is 37.6 Å². The quantitative estimate of drug-likeness (QED) is 0.328. The van der Waals surface area contributed by atoms with Crippen molar-refractivity contribution in [2.75, 3.05) is 18.1 Å². The number of carbonyl (C=O) groups excluding carboxylic acids is 1. The number of Topliss-reactive ketones (excluding diaryl/α,β-unsaturated/α-hetero) is 1. The number of carbonyl (C=O) groups is 2. The number of benzene rings is 2. The number of hydrogen-bond donors (Lipinski definition) is 2. The number of aromatic carboxylic acids is 1. The van der Waals surface area contributed by atoms with E-state index in [9.17, 15) is 19.1 Å². The second-order valence-corrected chi connectivity index (χ2v) is 11.9. The predicted molar refractivity (Wildman–Crippen MR) is 145 cm³/mol. The number of aromatic nitrogens is 1. The van der Waals surface area contributed by atoms with Gasteiger partial charge in [-0.05, 0) is 49.9 Å². The number of fused-ring (bicyclic) bond motifs is 3. The average Bonchev–Trinajstić information content (AvgIpc) is 3.32. The van der Waals surface area contributed by atoms with Gasteiger partial charge in [0.2, 0.25) is 0 Å². The Hall–Kier alpha value is -2.72. The van der Waals surface area contributed by atoms with E-state index in [2.05, 4.69) is 9.88 Å². The van der Waals surface area contributed by atoms with Crippen molar-refractivity contribution < 1.29 is 23.8 Å². The van der Waals surface area contributed by atoms with E-state index in [0.717, 1.165) is 31.7 Å². The van der Waals surface area contributed by atoms with Crippen LogP contribution < -0.4 is 10.6 Å². The van der Waals surface area contributed by atoms with Crippen LogP contribution in [0.5, 0.6) is 0 Å². The fourth-order valence-corrected chi connectivity index (χ4v) is 7.24. The van der Waals surface area contributed by atoms with Crippen molar-refractivity contribution in [3.8, 4) is 0 Å². The molecule has 3 atom stereocenters. The molecule has 1 aliphatic heterocycles. The van der Waals surface area contributed by atoms with Gasteiger partial charge in [-0.2, -0.15) is 0 Å². The van der Waals surface area contributed by atoms with Crippen LogP contribution in [0.4, 0.5) is 9.52 Å². The Morgan fingerprint density at radius 1 is 1.21 bits per heavy atom. The normalized spacial score (nSPS) is 23.2. The van der Waals surface area contributed by atoms with E-state index in [4.69, 9.17) is 33.7 Å². The molecular formula is C27H24Cl2FN3O4S. The highest BCUT2D eigenvalue weighted by molar-refractivity contribution is 7.22. The fourth-order valence-electron chi connectivity index (χ4n) is 5.54. The molecule has 6 rings (SSSR count). The van der Waals surface area contributed by atoms with Gasteiger partial charge in [0, 0.05) is 35.6 Å². The van der Waals surface area contributed by atoms with Gasteiger partial charge in [0.1, 0.15) is 5.52 Å². The van der Waals surface area contributed by atoms with E-state index >= 15 is 0 Å². The van der Waals surface area contributed by atoms with Crippen molar-refractivity contribution in [2.45, 2.75) is 37.8 Å². The number of piperidine rings is 1. The number of carboxylic acids is 1. The average molecular weight is 576 g/mol. The molecule has 0 spiro atoms. The van der Waals surface area contributed by atoms with Crippen molar-refractivity contribution >= 4 is 67.3 Å². The van der Waals surface area contributed by atoms with Crippen LogP contribution in [0.2, 0.25) is 10.0 Å². The van der Waals surface area contributed by atoms with Gasteiger partial charge >= 0.3 is 5.97 Å². The zero-order chi connectivity index (χ0) is 26.7. The summed E-state index contributed by atoms with van der Waals surface area (Å²) in [5, 5.41) is 10.7. The van der Waals surface area contributed by atoms with Crippen LogP contribution in [-0.4, -0.2) is 47.1 Å². The fraction of sp³-hybridized carbons (Fsp3) is 0.370. The van der Waals surface area contributed by atoms with Gasteiger partial charge in [-0.15, -0.1) is 0 Å². The Balaban J connectivity index is 1.19. The molecule has 0 unspecified atom stereocenters. The van der Waals surface area contributed by atoms with Gasteiger partial charge in [0.15, 0.2) is 16.7 Å². The third kappa shape index (κ3) is 4.55. The lowest BCUT2D eigenvalue weighted by atomic mass is 10.0. The lowest BCUT2D eigenvalue weighted by molar-refractivity contribution is -0.117. The first kappa shape index (κ1) is 25.6. The highest BCUT2D eigenvalue weighted by atomic mass is 35.5. The van der Waals surface area contributed by atoms with Crippen molar-refractivity contribution in [3.63, 3.8) is 0 Å². The topological polar surface area (TPSA) is 106 Å². The molecule has 2 aliphatic carbocycles. The summed E-state index contributed by atoms with van der Waals surface area (Å²) < 4.78 is 21.3. The molecule has 3 aromatic rings. The molecule has 0 amide bonds. The van der Waals surface area contributed by atoms with E-state index in [1.807, 2.05) is 0 Å². The van der Waals surface area contributed by atoms with E-state index < -0.39 is 11.8 Å². The monoisotopic (exact) mass is 575 g/mol. The Morgan fingerprint density at radius 2 is 1.95 bits per heavy atom. The highest BCUT2D eigenvalue weighted by Gasteiger charge is 2.46. The van der Waals surface area contributed by atoms with Crippen molar-refractivity contribution in [3.05, 3.63) is 62.9 Å². The summed E-state index contributed by atoms with van der Waals surface area (Å²) in [5.41, 5.74) is 7.70. The number of nitrogens with zero attached hydrogens (tertiary/aromatic N) is 2. The van der Waals surface area contributed by atoms with Crippen LogP contribution in [0.1, 0.15) is 41.6 Å². The SMILES string of the molecule is NC(=C(CO[C@@H]1C[C@@H]2C[C@H]1CN2c1nc2c(F)cc(C(=O)O)cc2s1)C(=O)C1CC1)c1c(Cl)cccc1Cl. The molecule has 1 aromatic heterocycles. The first-order chi connectivity index (χ1) is 18.2. The molecule has 1 saturated heterocycles. The Bertz CT molecular complexity index is 1480. The van der Waals surface area contributed by atoms with Crippen LogP contribution in [0, 0.1) is 17.7 Å². The second kappa shape index (κ2) is 9.79. The van der Waals surface area contributed by atoms with E-state index in [-0.39, 0.29) is 53.1 Å². The van der Waals surface area contributed by atoms with E-state index in [1.54, 1.807) is 18.2 Å². The molecule has 38 heavy (non-hydrogen) atoms. The molecule has 2 saturated carbocycles. The standard InChI is InChI=1S/C27H24Cl2FN3O4S/c28-17-2-1-3-18(29)22(17)23(31)16(25(34)12-4-5-12)11-37-20-9-15-6-14(20)10-33(15)27-32-24-19(30)7-13(26(35)36)8-21(24)38-27/h1-3,7-8,12,14-15,20H,4-6,9-11,31H2,(H,35,36)/t14-,15-,20+/m0/s1. The Morgan fingerprint density at radius 3 is 2.58 bits per heavy atom. The molecule has 11 heteroatoms. The number of ketones is 1. The summed E-state index contributed by atoms with van der Waals surface area (Å²) in [4.78, 5) is 31.1. The molecule has 0 radical (unpaired) electrons. The van der Waals surface area contributed by atoms with Crippen LogP contribution in [-0.2, 0) is 9.53 Å². The summed E-state index contributed by atoms with van der Waals surface area (Å²) in [6.45, 7) is 0.769. The van der Waals surface area contributed by atoms with Gasteiger partial charge < -0.3 is 20.5 Å². The maximum atomic E-state index is 14.5. The number of thiazole rings is 1. The summed E-state index contributed by atoms with van der Waals surface area (Å²) in [6, 6.07) is 7.74. The molecule has 3 fully saturated rings. The molecule has 3 aliphatic rings. The van der Waals surface area contributed by atoms with Gasteiger partial charge in [-0.3, -0.25) is 4.79 Å². The van der Waals surface area contributed by atoms with Gasteiger partial charge in [0.25, 0.3) is 0 Å². The number of hydrogen-bond acceptors (Lipinski definition) is 7. The summed E-state index contributed by atoms with van der Waals surface area (Å²) in [5.74, 6) is -1.64. The van der Waals surface area contributed by atoms with Gasteiger partial charge in [0.05, 0.1) is 38.7 Å². The number of halogens is 3. The minimum absolute atomic E-state index is 0.0134. The largest absolute Gasteiger partial charge is 0.478 e. The third-order valence-corrected chi connectivity index (χ3v) is 9.32. The van der Waals surface area contributed by atoms with Gasteiger partial charge in [-0.25, -0.2) is 14.2 Å². The molecule has 2 heterocycles. The first-order valence-corrected chi connectivity index (χ1v) is 14.0. The summed E-state index contributed by atoms with van der Waals surface area (Å²) >= 11 is 14.0. The number of carboxylic acid groups (broad SMARTS) is 1. The van der Waals surface area contributed by atoms with Crippen LogP contribution in [0.15, 0.2) is 35.9 Å². The Kier molecular flexibility index (Phi) is 6.58. The minimum atomic E-state index is -1.17. The molecule has 198 valence electrons. The summed E-state index contributed by atoms with van der Waals surface area (Å²) in [7, 11) is 0. The van der Waals surface area contributed by atoms with E-state index in [1.165, 1.54) is 17.4 Å². The third-order valence-electron chi connectivity index (χ3n) is 7.65. The van der Waals surface area contributed by atoms with Gasteiger partial charge in [-0.1, -0.05) is 40.6 Å². The molecule has 7 nitrogen and oxygen atoms in total. The number of rotatable bonds is 8.